The molecule has 142 valence electrons. The highest BCUT2D eigenvalue weighted by atomic mass is 32.2. The summed E-state index contributed by atoms with van der Waals surface area (Å²) in [6.07, 6.45) is 1.53. The number of rotatable bonds is 7. The molecule has 0 aliphatic carbocycles. The molecule has 0 radical (unpaired) electrons. The third kappa shape index (κ3) is 4.44. The molecule has 25 heavy (non-hydrogen) atoms. The Morgan fingerprint density at radius 2 is 1.56 bits per heavy atom. The molecule has 0 atom stereocenters. The first-order chi connectivity index (χ1) is 11.3. The summed E-state index contributed by atoms with van der Waals surface area (Å²) in [4.78, 5) is 0.0905. The van der Waals surface area contributed by atoms with Crippen molar-refractivity contribution in [3.05, 3.63) is 29.8 Å². The van der Waals surface area contributed by atoms with Crippen molar-refractivity contribution in [2.75, 3.05) is 0 Å². The van der Waals surface area contributed by atoms with Crippen molar-refractivity contribution in [2.24, 2.45) is 5.92 Å². The van der Waals surface area contributed by atoms with Crippen LogP contribution in [0.1, 0.15) is 66.5 Å². The first kappa shape index (κ1) is 22.1. The molecule has 3 nitrogen and oxygen atoms in total. The van der Waals surface area contributed by atoms with Gasteiger partial charge in [0.1, 0.15) is 4.90 Å². The predicted molar refractivity (Wildman–Crippen MR) is 111 cm³/mol. The highest BCUT2D eigenvalue weighted by molar-refractivity contribution is 7.86. The van der Waals surface area contributed by atoms with Crippen molar-refractivity contribution in [1.82, 2.24) is 0 Å². The van der Waals surface area contributed by atoms with Crippen LogP contribution in [0.5, 0.6) is 0 Å². The van der Waals surface area contributed by atoms with E-state index < -0.39 is 18.9 Å². The largest absolute Gasteiger partial charge is 0.294 e. The summed E-state index contributed by atoms with van der Waals surface area (Å²) in [5.74, 6) is 0.337. The first-order valence-electron chi connectivity index (χ1n) is 9.04. The number of hydrogen-bond acceptors (Lipinski definition) is 2. The summed E-state index contributed by atoms with van der Waals surface area (Å²) in [7, 11) is -6.02. The molecule has 0 amide bonds. The molecule has 1 aromatic rings. The quantitative estimate of drug-likeness (QED) is 0.546. The minimum Gasteiger partial charge on any atom is -0.282 e. The Morgan fingerprint density at radius 3 is 1.88 bits per heavy atom. The molecule has 1 rings (SSSR count). The molecular weight excluding hydrogens is 348 g/mol. The maximum atomic E-state index is 12.4. The van der Waals surface area contributed by atoms with Crippen molar-refractivity contribution < 1.29 is 13.0 Å². The van der Waals surface area contributed by atoms with Crippen LogP contribution in [0.2, 0.25) is 11.1 Å². The Bertz CT molecular complexity index is 724. The van der Waals surface area contributed by atoms with Gasteiger partial charge in [-0.25, -0.2) is 0 Å². The zero-order valence-electron chi connectivity index (χ0n) is 16.9. The molecule has 0 spiro atoms. The fourth-order valence-electron chi connectivity index (χ4n) is 3.71. The summed E-state index contributed by atoms with van der Waals surface area (Å²) in [5.41, 5.74) is 2.12. The lowest BCUT2D eigenvalue weighted by molar-refractivity contribution is 0.373. The van der Waals surface area contributed by atoms with Crippen LogP contribution in [-0.2, 0) is 15.5 Å². The maximum Gasteiger partial charge on any atom is 0.294 e. The third-order valence-electron chi connectivity index (χ3n) is 5.61. The van der Waals surface area contributed by atoms with E-state index >= 15 is 0 Å². The summed E-state index contributed by atoms with van der Waals surface area (Å²) in [6, 6.07) is 3.83. The number of hydrogen-bond donors (Lipinski definition) is 1. The molecule has 1 aromatic carbocycles. The van der Waals surface area contributed by atoms with Crippen LogP contribution < -0.4 is 5.19 Å². The smallest absolute Gasteiger partial charge is 0.282 e. The molecular formula is C20H34O3SSi. The average Bonchev–Trinajstić information content (AvgIpc) is 2.44. The van der Waals surface area contributed by atoms with E-state index in [9.17, 15) is 13.0 Å². The van der Waals surface area contributed by atoms with E-state index in [2.05, 4.69) is 62.0 Å². The third-order valence-corrected chi connectivity index (χ3v) is 10.9. The van der Waals surface area contributed by atoms with Crippen LogP contribution in [0.4, 0.5) is 0 Å². The summed E-state index contributed by atoms with van der Waals surface area (Å²) in [5, 5.41) is 0.892. The van der Waals surface area contributed by atoms with Gasteiger partial charge < -0.3 is 0 Å². The standard InChI is InChI=1S/C20H34O3SSi/c1-10-16-11-12-17(20(8,9)13(2)3)19(18(16)24(21,22)23)25(14(4)5)15(6)7/h10-15,25H,1H2,2-9H3,(H,21,22,23). The van der Waals surface area contributed by atoms with Crippen molar-refractivity contribution in [1.29, 1.82) is 0 Å². The van der Waals surface area contributed by atoms with E-state index in [0.717, 1.165) is 10.8 Å². The van der Waals surface area contributed by atoms with Gasteiger partial charge in [-0.2, -0.15) is 8.42 Å². The summed E-state index contributed by atoms with van der Waals surface area (Å²) >= 11 is 0. The van der Waals surface area contributed by atoms with Gasteiger partial charge in [0.15, 0.2) is 0 Å². The van der Waals surface area contributed by atoms with E-state index in [0.29, 0.717) is 22.6 Å². The molecule has 0 saturated heterocycles. The van der Waals surface area contributed by atoms with Crippen LogP contribution in [0.15, 0.2) is 23.6 Å². The molecule has 5 heteroatoms. The number of benzene rings is 1. The van der Waals surface area contributed by atoms with E-state index in [1.54, 1.807) is 6.07 Å². The maximum absolute atomic E-state index is 12.4. The van der Waals surface area contributed by atoms with Crippen LogP contribution in [0.3, 0.4) is 0 Å². The molecule has 0 aliphatic heterocycles. The van der Waals surface area contributed by atoms with Gasteiger partial charge in [-0.05, 0) is 38.7 Å². The second-order valence-corrected chi connectivity index (χ2v) is 14.2. The van der Waals surface area contributed by atoms with Gasteiger partial charge in [0.25, 0.3) is 10.1 Å². The lowest BCUT2D eigenvalue weighted by atomic mass is 9.75. The topological polar surface area (TPSA) is 54.4 Å². The lowest BCUT2D eigenvalue weighted by Crippen LogP contribution is -2.46. The first-order valence-corrected chi connectivity index (χ1v) is 12.4. The normalized spacial score (nSPS) is 13.3. The fraction of sp³-hybridized carbons (Fsp3) is 0.600. The van der Waals surface area contributed by atoms with Gasteiger partial charge in [0.2, 0.25) is 0 Å². The van der Waals surface area contributed by atoms with Gasteiger partial charge >= 0.3 is 0 Å². The molecule has 0 heterocycles. The molecule has 0 fully saturated rings. The highest BCUT2D eigenvalue weighted by Crippen LogP contribution is 2.35. The van der Waals surface area contributed by atoms with Crippen molar-refractivity contribution >= 4 is 30.2 Å². The fourth-order valence-corrected chi connectivity index (χ4v) is 9.57. The molecule has 1 N–H and O–H groups in total. The van der Waals surface area contributed by atoms with E-state index in [-0.39, 0.29) is 10.3 Å². The Balaban J connectivity index is 4.10. The van der Waals surface area contributed by atoms with Gasteiger partial charge in [0.05, 0.1) is 8.80 Å². The van der Waals surface area contributed by atoms with E-state index in [1.165, 1.54) is 6.08 Å². The predicted octanol–water partition coefficient (Wildman–Crippen LogP) is 4.76. The zero-order chi connectivity index (χ0) is 19.7. The Morgan fingerprint density at radius 1 is 1.08 bits per heavy atom. The minimum atomic E-state index is -4.33. The second kappa shape index (κ2) is 7.76. The van der Waals surface area contributed by atoms with Crippen LogP contribution in [0, 0.1) is 5.92 Å². The molecule has 0 aliphatic rings. The second-order valence-electron chi connectivity index (χ2n) is 8.51. The van der Waals surface area contributed by atoms with Gasteiger partial charge in [-0.15, -0.1) is 0 Å². The Hall–Kier alpha value is -0.913. The van der Waals surface area contributed by atoms with Crippen LogP contribution in [-0.4, -0.2) is 21.8 Å². The van der Waals surface area contributed by atoms with Crippen molar-refractivity contribution in [3.63, 3.8) is 0 Å². The SMILES string of the molecule is C=Cc1ccc(C(C)(C)C(C)C)c([SiH](C(C)C)C(C)C)c1S(=O)(=O)O. The van der Waals surface area contributed by atoms with E-state index in [1.807, 2.05) is 6.07 Å². The minimum absolute atomic E-state index is 0.0905. The highest BCUT2D eigenvalue weighted by Gasteiger charge is 2.37. The average molecular weight is 383 g/mol. The molecule has 0 aromatic heterocycles. The van der Waals surface area contributed by atoms with Crippen molar-refractivity contribution in [2.45, 2.75) is 76.8 Å². The Kier molecular flexibility index (Phi) is 6.87. The van der Waals surface area contributed by atoms with Gasteiger partial charge in [-0.3, -0.25) is 4.55 Å². The molecule has 0 bridgehead atoms. The summed E-state index contributed by atoms with van der Waals surface area (Å²) < 4.78 is 34.8. The lowest BCUT2D eigenvalue weighted by Gasteiger charge is -2.37. The zero-order valence-corrected chi connectivity index (χ0v) is 18.9. The summed E-state index contributed by atoms with van der Waals surface area (Å²) in [6.45, 7) is 21.0. The van der Waals surface area contributed by atoms with Crippen LogP contribution >= 0.6 is 0 Å². The van der Waals surface area contributed by atoms with Gasteiger partial charge in [0, 0.05) is 0 Å². The molecule has 0 unspecified atom stereocenters. The van der Waals surface area contributed by atoms with Crippen molar-refractivity contribution in [3.8, 4) is 0 Å². The van der Waals surface area contributed by atoms with E-state index in [4.69, 9.17) is 0 Å². The molecule has 0 saturated carbocycles. The monoisotopic (exact) mass is 382 g/mol. The van der Waals surface area contributed by atoms with Gasteiger partial charge in [-0.1, -0.05) is 80.2 Å². The van der Waals surface area contributed by atoms with Crippen LogP contribution in [0.25, 0.3) is 6.08 Å². The Labute approximate surface area is 155 Å².